The van der Waals surface area contributed by atoms with Gasteiger partial charge in [0.05, 0.1) is 22.9 Å². The highest BCUT2D eigenvalue weighted by atomic mass is 32.1. The molecule has 1 atom stereocenters. The van der Waals surface area contributed by atoms with E-state index >= 15 is 0 Å². The number of nitrogens with one attached hydrogen (secondary N) is 1. The van der Waals surface area contributed by atoms with Crippen LogP contribution in [-0.4, -0.2) is 70.7 Å². The Balaban J connectivity index is 1.60. The molecule has 0 bridgehead atoms. The summed E-state index contributed by atoms with van der Waals surface area (Å²) in [6, 6.07) is -0.392. The topological polar surface area (TPSA) is 127 Å². The lowest BCUT2D eigenvalue weighted by atomic mass is 9.96. The van der Waals surface area contributed by atoms with Gasteiger partial charge in [-0.05, 0) is 45.1 Å². The summed E-state index contributed by atoms with van der Waals surface area (Å²) in [5, 5.41) is 3.36. The van der Waals surface area contributed by atoms with Crippen LogP contribution in [0.2, 0.25) is 0 Å². The Bertz CT molecular complexity index is 1020. The van der Waals surface area contributed by atoms with Gasteiger partial charge in [0.1, 0.15) is 5.54 Å². The molecule has 11 heteroatoms. The van der Waals surface area contributed by atoms with Crippen molar-refractivity contribution in [2.75, 3.05) is 43.6 Å². The molecule has 4 rings (SSSR count). The monoisotopic (exact) mass is 459 g/mol. The zero-order valence-corrected chi connectivity index (χ0v) is 19.5. The average Bonchev–Trinajstić information content (AvgIpc) is 3.39. The minimum atomic E-state index is -1.13. The highest BCUT2D eigenvalue weighted by Crippen LogP contribution is 2.39. The van der Waals surface area contributed by atoms with Crippen molar-refractivity contribution in [1.29, 1.82) is 0 Å². The molecule has 32 heavy (non-hydrogen) atoms. The Morgan fingerprint density at radius 1 is 1.31 bits per heavy atom. The number of ether oxygens (including phenoxy) is 1. The number of methoxy groups -OCH3 is 1. The first-order chi connectivity index (χ1) is 15.4. The number of nitrogens with two attached hydrogens (primary N) is 1. The average molecular weight is 460 g/mol. The van der Waals surface area contributed by atoms with Crippen LogP contribution in [0, 0.1) is 0 Å². The molecule has 2 aliphatic rings. The molecular weight excluding hydrogens is 430 g/mol. The van der Waals surface area contributed by atoms with E-state index < -0.39 is 17.5 Å². The number of aryl methyl sites for hydroxylation is 2. The summed E-state index contributed by atoms with van der Waals surface area (Å²) in [7, 11) is 1.50. The zero-order valence-electron chi connectivity index (χ0n) is 18.7. The third-order valence-electron chi connectivity index (χ3n) is 6.23. The van der Waals surface area contributed by atoms with Gasteiger partial charge in [0.15, 0.2) is 5.13 Å². The fourth-order valence-electron chi connectivity index (χ4n) is 4.50. The fourth-order valence-corrected chi connectivity index (χ4v) is 5.52. The molecule has 3 amide bonds. The second kappa shape index (κ2) is 8.99. The highest BCUT2D eigenvalue weighted by molar-refractivity contribution is 7.19. The van der Waals surface area contributed by atoms with E-state index in [1.807, 2.05) is 6.20 Å². The van der Waals surface area contributed by atoms with Crippen LogP contribution in [0.4, 0.5) is 15.9 Å². The smallest absolute Gasteiger partial charge is 0.324 e. The van der Waals surface area contributed by atoms with Gasteiger partial charge in [0, 0.05) is 32.9 Å². The van der Waals surface area contributed by atoms with E-state index in [2.05, 4.69) is 34.0 Å². The second-order valence-corrected chi connectivity index (χ2v) is 9.02. The number of hydrogen-bond donors (Lipinski definition) is 2. The lowest BCUT2D eigenvalue weighted by Crippen LogP contribution is -2.59. The number of carbonyl (C=O) groups excluding carboxylic acids is 2. The maximum atomic E-state index is 13.1. The number of urea groups is 1. The molecule has 2 aromatic heterocycles. The van der Waals surface area contributed by atoms with Crippen molar-refractivity contribution < 1.29 is 14.3 Å². The molecule has 10 nitrogen and oxygen atoms in total. The number of hydrogen-bond acceptors (Lipinski definition) is 8. The molecule has 172 valence electrons. The molecule has 1 fully saturated rings. The Morgan fingerprint density at radius 2 is 2.09 bits per heavy atom. The molecular formula is C21H29N7O3S. The van der Waals surface area contributed by atoms with Crippen LogP contribution < -0.4 is 16.0 Å². The van der Waals surface area contributed by atoms with E-state index in [4.69, 9.17) is 15.5 Å². The Labute approximate surface area is 191 Å². The van der Waals surface area contributed by atoms with Crippen LogP contribution >= 0.6 is 11.3 Å². The molecule has 0 radical (unpaired) electrons. The van der Waals surface area contributed by atoms with Gasteiger partial charge in [-0.1, -0.05) is 11.3 Å². The van der Waals surface area contributed by atoms with Crippen LogP contribution in [0.3, 0.4) is 0 Å². The number of primary amides is 1. The Morgan fingerprint density at radius 3 is 2.78 bits per heavy atom. The van der Waals surface area contributed by atoms with Crippen molar-refractivity contribution in [1.82, 2.24) is 19.9 Å². The van der Waals surface area contributed by atoms with Crippen LogP contribution in [0.5, 0.6) is 0 Å². The van der Waals surface area contributed by atoms with Gasteiger partial charge in [0.2, 0.25) is 11.9 Å². The normalized spacial score (nSPS) is 19.4. The van der Waals surface area contributed by atoms with Gasteiger partial charge in [-0.15, -0.1) is 0 Å². The lowest BCUT2D eigenvalue weighted by Gasteiger charge is -2.34. The summed E-state index contributed by atoms with van der Waals surface area (Å²) >= 11 is 1.40. The van der Waals surface area contributed by atoms with E-state index in [1.54, 1.807) is 0 Å². The minimum Gasteiger partial charge on any atom is -0.382 e. The number of rotatable bonds is 7. The van der Waals surface area contributed by atoms with Gasteiger partial charge in [-0.25, -0.2) is 19.7 Å². The molecule has 1 aliphatic carbocycles. The third kappa shape index (κ3) is 3.79. The van der Waals surface area contributed by atoms with Crippen molar-refractivity contribution >= 4 is 34.4 Å². The molecule has 1 aliphatic heterocycles. The predicted octanol–water partition coefficient (Wildman–Crippen LogP) is 2.04. The van der Waals surface area contributed by atoms with Gasteiger partial charge in [-0.2, -0.15) is 0 Å². The molecule has 3 N–H and O–H groups in total. The second-order valence-electron chi connectivity index (χ2n) is 8.03. The third-order valence-corrected chi connectivity index (χ3v) is 7.25. The number of likely N-dealkylation sites (tertiary alicyclic amines) is 1. The number of anilines is 2. The molecule has 0 spiro atoms. The molecule has 0 unspecified atom stereocenters. The molecule has 2 aromatic rings. The maximum Gasteiger partial charge on any atom is 0.324 e. The van der Waals surface area contributed by atoms with E-state index in [1.165, 1.54) is 23.3 Å². The van der Waals surface area contributed by atoms with Gasteiger partial charge < -0.3 is 20.3 Å². The minimum absolute atomic E-state index is 0.0720. The summed E-state index contributed by atoms with van der Waals surface area (Å²) in [6.07, 6.45) is 4.64. The number of carbonyl (C=O) groups is 2. The zero-order chi connectivity index (χ0) is 22.9. The summed E-state index contributed by atoms with van der Waals surface area (Å²) in [4.78, 5) is 43.8. The number of amides is 3. The summed E-state index contributed by atoms with van der Waals surface area (Å²) < 4.78 is 5.22. The van der Waals surface area contributed by atoms with Crippen LogP contribution in [0.25, 0.3) is 10.6 Å². The maximum absolute atomic E-state index is 13.1. The Hall–Kier alpha value is -2.79. The van der Waals surface area contributed by atoms with Gasteiger partial charge >= 0.3 is 6.03 Å². The lowest BCUT2D eigenvalue weighted by molar-refractivity contribution is -0.129. The number of nitrogens with zero attached hydrogens (tertiary/aromatic N) is 5. The fraction of sp³-hybridized carbons (Fsp3) is 0.571. The SMILES string of the molecule is CCN(CC)c1ncc2c(n1)-c1sc(NC(=O)N3CCC[C@@]3(COC)C(N)=O)nc1CC2. The molecule has 0 aromatic carbocycles. The molecule has 3 heterocycles. The largest absolute Gasteiger partial charge is 0.382 e. The van der Waals surface area contributed by atoms with Crippen molar-refractivity contribution in [3.05, 3.63) is 17.5 Å². The molecule has 1 saturated heterocycles. The van der Waals surface area contributed by atoms with Crippen molar-refractivity contribution in [2.45, 2.75) is 45.1 Å². The summed E-state index contributed by atoms with van der Waals surface area (Å²) in [5.41, 5.74) is 7.42. The van der Waals surface area contributed by atoms with Gasteiger partial charge in [-0.3, -0.25) is 10.1 Å². The van der Waals surface area contributed by atoms with Crippen molar-refractivity contribution in [3.8, 4) is 10.6 Å². The predicted molar refractivity (Wildman–Crippen MR) is 123 cm³/mol. The van der Waals surface area contributed by atoms with E-state index in [0.29, 0.717) is 30.5 Å². The van der Waals surface area contributed by atoms with E-state index in [0.717, 1.165) is 47.8 Å². The summed E-state index contributed by atoms with van der Waals surface area (Å²) in [5.74, 6) is 0.142. The Kier molecular flexibility index (Phi) is 6.29. The van der Waals surface area contributed by atoms with Gasteiger partial charge in [0.25, 0.3) is 0 Å². The first-order valence-electron chi connectivity index (χ1n) is 10.9. The standard InChI is InChI=1S/C21H29N7O3S/c1-4-27(5-2)18-23-11-13-7-8-14-16(15(13)25-18)32-19(24-14)26-20(30)28-10-6-9-21(28,12-31-3)17(22)29/h11H,4-10,12H2,1-3H3,(H2,22,29)(H,24,26,30)/t21-/m1/s1. The van der Waals surface area contributed by atoms with Crippen molar-refractivity contribution in [3.63, 3.8) is 0 Å². The quantitative estimate of drug-likeness (QED) is 0.649. The van der Waals surface area contributed by atoms with Crippen LogP contribution in [0.15, 0.2) is 6.20 Å². The first kappa shape index (κ1) is 22.4. The summed E-state index contributed by atoms with van der Waals surface area (Å²) in [6.45, 7) is 6.31. The van der Waals surface area contributed by atoms with E-state index in [9.17, 15) is 9.59 Å². The van der Waals surface area contributed by atoms with E-state index in [-0.39, 0.29) is 6.61 Å². The molecule has 0 saturated carbocycles. The number of aromatic nitrogens is 3. The van der Waals surface area contributed by atoms with Crippen LogP contribution in [-0.2, 0) is 22.4 Å². The van der Waals surface area contributed by atoms with Crippen LogP contribution in [0.1, 0.15) is 37.9 Å². The highest BCUT2D eigenvalue weighted by Gasteiger charge is 2.49. The van der Waals surface area contributed by atoms with Crippen molar-refractivity contribution in [2.24, 2.45) is 5.73 Å². The number of thiazole rings is 1. The first-order valence-corrected chi connectivity index (χ1v) is 11.7. The number of fused-ring (bicyclic) bond motifs is 3.